The quantitative estimate of drug-likeness (QED) is 0.583. The molecule has 2 aromatic heterocycles. The van der Waals surface area contributed by atoms with E-state index in [9.17, 15) is 23.2 Å². The van der Waals surface area contributed by atoms with Crippen molar-refractivity contribution in [2.24, 2.45) is 7.05 Å². The molecule has 0 atom stereocenters. The number of nitriles is 1. The van der Waals surface area contributed by atoms with Crippen LogP contribution in [0.3, 0.4) is 0 Å². The van der Waals surface area contributed by atoms with Crippen molar-refractivity contribution in [2.45, 2.75) is 38.2 Å². The van der Waals surface area contributed by atoms with Gasteiger partial charge in [0.15, 0.2) is 0 Å². The van der Waals surface area contributed by atoms with Crippen molar-refractivity contribution in [2.75, 3.05) is 16.8 Å². The van der Waals surface area contributed by atoms with Crippen LogP contribution < -0.4 is 10.9 Å². The predicted molar refractivity (Wildman–Crippen MR) is 122 cm³/mol. The Balaban J connectivity index is 1.81. The molecule has 1 aromatic carbocycles. The Morgan fingerprint density at radius 3 is 2.70 bits per heavy atom. The Morgan fingerprint density at radius 2 is 2.03 bits per heavy atom. The van der Waals surface area contributed by atoms with Gasteiger partial charge < -0.3 is 9.88 Å². The summed E-state index contributed by atoms with van der Waals surface area (Å²) in [6.45, 7) is 1.52. The Labute approximate surface area is 192 Å². The molecule has 1 aliphatic rings. The van der Waals surface area contributed by atoms with Crippen LogP contribution in [-0.2, 0) is 19.0 Å². The lowest BCUT2D eigenvalue weighted by atomic mass is 9.79. The summed E-state index contributed by atoms with van der Waals surface area (Å²) in [4.78, 5) is 21.9. The first-order chi connectivity index (χ1) is 15.8. The molecule has 1 N–H and O–H groups in total. The topological polar surface area (TPSA) is 83.6 Å². The molecule has 6 nitrogen and oxygen atoms in total. The maximum Gasteiger partial charge on any atom is 0.277 e. The van der Waals surface area contributed by atoms with Gasteiger partial charge in [-0.3, -0.25) is 4.79 Å². The molecule has 33 heavy (non-hydrogen) atoms. The van der Waals surface area contributed by atoms with Gasteiger partial charge in [-0.25, -0.2) is 23.1 Å². The van der Waals surface area contributed by atoms with Gasteiger partial charge in [0.05, 0.1) is 22.4 Å². The second-order valence-electron chi connectivity index (χ2n) is 8.06. The van der Waals surface area contributed by atoms with Crippen molar-refractivity contribution in [3.05, 3.63) is 63.1 Å². The van der Waals surface area contributed by atoms with E-state index in [1.165, 1.54) is 16.7 Å². The number of alkyl halides is 2. The Kier molecular flexibility index (Phi) is 6.34. The Bertz CT molecular complexity index is 1310. The van der Waals surface area contributed by atoms with Gasteiger partial charge in [-0.2, -0.15) is 17.0 Å². The number of hydrogen-bond donors (Lipinski definition) is 1. The molecule has 0 radical (unpaired) electrons. The number of pyridine rings is 1. The SMILES string of the molecule is Cc1nc(NCc2cccc(C(F)F)c2F)c2cc(C3(C#N)CCSCC3)n(C)c(=O)c2n1. The molecule has 0 amide bonds. The van der Waals surface area contributed by atoms with E-state index < -0.39 is 23.2 Å². The van der Waals surface area contributed by atoms with Crippen LogP contribution in [0.5, 0.6) is 0 Å². The minimum Gasteiger partial charge on any atom is -0.365 e. The molecule has 0 aliphatic carbocycles. The fourth-order valence-corrected chi connectivity index (χ4v) is 5.40. The second kappa shape index (κ2) is 9.06. The maximum absolute atomic E-state index is 14.5. The smallest absolute Gasteiger partial charge is 0.277 e. The molecule has 0 unspecified atom stereocenters. The van der Waals surface area contributed by atoms with Crippen LogP contribution in [0.2, 0.25) is 0 Å². The molecule has 4 rings (SSSR count). The van der Waals surface area contributed by atoms with Gasteiger partial charge in [0.2, 0.25) is 0 Å². The molecule has 10 heteroatoms. The summed E-state index contributed by atoms with van der Waals surface area (Å²) in [5, 5.41) is 13.4. The van der Waals surface area contributed by atoms with Crippen LogP contribution in [0.25, 0.3) is 10.9 Å². The largest absolute Gasteiger partial charge is 0.365 e. The third kappa shape index (κ3) is 4.17. The standard InChI is InChI=1S/C23H22F3N5OS/c1-13-29-19-16(10-17(31(2)22(19)32)23(12-27)6-8-33-9-7-23)21(30-13)28-11-14-4-3-5-15(18(14)24)20(25)26/h3-5,10,20H,6-9,11H2,1-2H3,(H,28,29,30). The summed E-state index contributed by atoms with van der Waals surface area (Å²) in [6, 6.07) is 8.01. The first-order valence-electron chi connectivity index (χ1n) is 10.4. The summed E-state index contributed by atoms with van der Waals surface area (Å²) in [5.74, 6) is 1.27. The van der Waals surface area contributed by atoms with Crippen molar-refractivity contribution >= 4 is 28.5 Å². The number of rotatable bonds is 5. The molecule has 3 aromatic rings. The third-order valence-corrected chi connectivity index (χ3v) is 7.03. The van der Waals surface area contributed by atoms with Gasteiger partial charge in [0.1, 0.15) is 23.0 Å². The fraction of sp³-hybridized carbons (Fsp3) is 0.391. The summed E-state index contributed by atoms with van der Waals surface area (Å²) < 4.78 is 42.1. The summed E-state index contributed by atoms with van der Waals surface area (Å²) in [6.07, 6.45) is -1.68. The highest BCUT2D eigenvalue weighted by Crippen LogP contribution is 2.38. The predicted octanol–water partition coefficient (Wildman–Crippen LogP) is 4.61. The van der Waals surface area contributed by atoms with Gasteiger partial charge in [-0.1, -0.05) is 18.2 Å². The lowest BCUT2D eigenvalue weighted by Gasteiger charge is -2.32. The van der Waals surface area contributed by atoms with Crippen LogP contribution in [0.15, 0.2) is 29.1 Å². The number of anilines is 1. The van der Waals surface area contributed by atoms with Gasteiger partial charge in [-0.05, 0) is 37.3 Å². The minimum absolute atomic E-state index is 0.0547. The van der Waals surface area contributed by atoms with Crippen molar-refractivity contribution in [3.8, 4) is 6.07 Å². The van der Waals surface area contributed by atoms with Crippen molar-refractivity contribution in [1.82, 2.24) is 14.5 Å². The van der Waals surface area contributed by atoms with E-state index in [1.807, 2.05) is 0 Å². The van der Waals surface area contributed by atoms with Gasteiger partial charge in [0.25, 0.3) is 12.0 Å². The van der Waals surface area contributed by atoms with Crippen molar-refractivity contribution in [3.63, 3.8) is 0 Å². The molecule has 0 spiro atoms. The number of fused-ring (bicyclic) bond motifs is 1. The monoisotopic (exact) mass is 473 g/mol. The Hall–Kier alpha value is -3.06. The highest BCUT2D eigenvalue weighted by molar-refractivity contribution is 7.99. The van der Waals surface area contributed by atoms with E-state index >= 15 is 0 Å². The highest BCUT2D eigenvalue weighted by Gasteiger charge is 2.37. The number of halogens is 3. The van der Waals surface area contributed by atoms with E-state index in [0.29, 0.717) is 29.7 Å². The van der Waals surface area contributed by atoms with E-state index in [4.69, 9.17) is 0 Å². The van der Waals surface area contributed by atoms with Gasteiger partial charge in [-0.15, -0.1) is 0 Å². The normalized spacial score (nSPS) is 15.5. The molecule has 0 bridgehead atoms. The first-order valence-corrected chi connectivity index (χ1v) is 11.6. The zero-order chi connectivity index (χ0) is 23.8. The number of nitrogens with zero attached hydrogens (tertiary/aromatic N) is 4. The molecule has 1 aliphatic heterocycles. The lowest BCUT2D eigenvalue weighted by molar-refractivity contribution is 0.146. The number of aromatic nitrogens is 3. The number of nitrogens with one attached hydrogen (secondary N) is 1. The molecule has 3 heterocycles. The Morgan fingerprint density at radius 1 is 1.30 bits per heavy atom. The van der Waals surface area contributed by atoms with E-state index in [-0.39, 0.29) is 29.0 Å². The number of aryl methyl sites for hydroxylation is 1. The van der Waals surface area contributed by atoms with Crippen LogP contribution >= 0.6 is 11.8 Å². The maximum atomic E-state index is 14.5. The summed E-state index contributed by atoms with van der Waals surface area (Å²) >= 11 is 1.77. The number of hydrogen-bond acceptors (Lipinski definition) is 6. The van der Waals surface area contributed by atoms with Gasteiger partial charge >= 0.3 is 0 Å². The van der Waals surface area contributed by atoms with E-state index in [2.05, 4.69) is 21.4 Å². The minimum atomic E-state index is -2.92. The molecule has 1 saturated heterocycles. The highest BCUT2D eigenvalue weighted by atomic mass is 32.2. The molecular formula is C23H22F3N5OS. The molecule has 0 saturated carbocycles. The van der Waals surface area contributed by atoms with Crippen LogP contribution in [0.1, 0.15) is 41.9 Å². The average Bonchev–Trinajstić information content (AvgIpc) is 2.81. The van der Waals surface area contributed by atoms with Crippen LogP contribution in [0.4, 0.5) is 19.0 Å². The molecule has 172 valence electrons. The summed E-state index contributed by atoms with van der Waals surface area (Å²) in [5.41, 5.74) is -0.998. The first kappa shape index (κ1) is 23.1. The lowest BCUT2D eigenvalue weighted by Crippen LogP contribution is -2.36. The zero-order valence-electron chi connectivity index (χ0n) is 18.2. The van der Waals surface area contributed by atoms with E-state index in [1.54, 1.807) is 31.8 Å². The molecule has 1 fully saturated rings. The molecular weight excluding hydrogens is 451 g/mol. The fourth-order valence-electron chi connectivity index (χ4n) is 4.21. The van der Waals surface area contributed by atoms with Crippen molar-refractivity contribution < 1.29 is 13.2 Å². The second-order valence-corrected chi connectivity index (χ2v) is 9.28. The van der Waals surface area contributed by atoms with Crippen LogP contribution in [-0.4, -0.2) is 26.0 Å². The van der Waals surface area contributed by atoms with Crippen LogP contribution in [0, 0.1) is 24.1 Å². The summed E-state index contributed by atoms with van der Waals surface area (Å²) in [7, 11) is 1.63. The zero-order valence-corrected chi connectivity index (χ0v) is 19.0. The number of thioether (sulfide) groups is 1. The number of benzene rings is 1. The van der Waals surface area contributed by atoms with Crippen molar-refractivity contribution in [1.29, 1.82) is 5.26 Å². The van der Waals surface area contributed by atoms with E-state index in [0.717, 1.165) is 17.6 Å². The average molecular weight is 474 g/mol. The third-order valence-electron chi connectivity index (χ3n) is 6.05. The van der Waals surface area contributed by atoms with Gasteiger partial charge in [0, 0.05) is 24.8 Å².